The van der Waals surface area contributed by atoms with Gasteiger partial charge in [0.2, 0.25) is 0 Å². The zero-order chi connectivity index (χ0) is 20.8. The van der Waals surface area contributed by atoms with Gasteiger partial charge in [-0.2, -0.15) is 0 Å². The molecule has 0 spiro atoms. The lowest BCUT2D eigenvalue weighted by atomic mass is 9.97. The number of aliphatic hydroxyl groups excluding tert-OH is 1. The molecule has 1 saturated heterocycles. The van der Waals surface area contributed by atoms with Crippen molar-refractivity contribution >= 4 is 0 Å². The second-order valence-corrected chi connectivity index (χ2v) is 8.35. The van der Waals surface area contributed by atoms with Crippen LogP contribution in [-0.2, 0) is 19.6 Å². The van der Waals surface area contributed by atoms with Gasteiger partial charge in [-0.05, 0) is 55.3 Å². The summed E-state index contributed by atoms with van der Waals surface area (Å²) < 4.78 is 13.2. The van der Waals surface area contributed by atoms with Gasteiger partial charge in [0.15, 0.2) is 0 Å². The molecule has 0 unspecified atom stereocenters. The lowest BCUT2D eigenvalue weighted by molar-refractivity contribution is 0.148. The van der Waals surface area contributed by atoms with Crippen molar-refractivity contribution < 1.29 is 9.50 Å². The van der Waals surface area contributed by atoms with Crippen LogP contribution < -0.4 is 0 Å². The smallest absolute Gasteiger partial charge is 0.123 e. The fraction of sp³-hybridized carbons (Fsp3) is 0.500. The van der Waals surface area contributed by atoms with E-state index in [-0.39, 0.29) is 12.4 Å². The minimum absolute atomic E-state index is 0.111. The standard InChI is InChI=1S/C24H34FN3O/c1-19-14-22(17-27-10-8-26(3)9-11-27)20(2)23(15-19)18-28(12-13-29)16-21-4-6-24(25)7-5-21/h4-7,14-15,29H,8-13,16-18H2,1-3H3. The molecule has 0 aromatic heterocycles. The maximum atomic E-state index is 13.2. The predicted molar refractivity (Wildman–Crippen MR) is 116 cm³/mol. The topological polar surface area (TPSA) is 30.0 Å². The van der Waals surface area contributed by atoms with E-state index < -0.39 is 0 Å². The second kappa shape index (κ2) is 10.3. The number of nitrogens with zero attached hydrogens (tertiary/aromatic N) is 3. The maximum Gasteiger partial charge on any atom is 0.123 e. The minimum atomic E-state index is -0.217. The van der Waals surface area contributed by atoms with Crippen molar-refractivity contribution in [1.82, 2.24) is 14.7 Å². The summed E-state index contributed by atoms with van der Waals surface area (Å²) in [5.41, 5.74) is 6.39. The summed E-state index contributed by atoms with van der Waals surface area (Å²) >= 11 is 0. The van der Waals surface area contributed by atoms with Crippen molar-refractivity contribution in [1.29, 1.82) is 0 Å². The highest BCUT2D eigenvalue weighted by molar-refractivity contribution is 5.38. The van der Waals surface area contributed by atoms with Crippen LogP contribution in [0, 0.1) is 19.7 Å². The Morgan fingerprint density at radius 1 is 0.966 bits per heavy atom. The first-order chi connectivity index (χ1) is 13.9. The quantitative estimate of drug-likeness (QED) is 0.738. The molecule has 0 radical (unpaired) electrons. The third-order valence-electron chi connectivity index (χ3n) is 5.89. The van der Waals surface area contributed by atoms with Gasteiger partial charge in [0, 0.05) is 52.4 Å². The molecule has 1 aliphatic heterocycles. The number of benzene rings is 2. The molecule has 2 aromatic carbocycles. The molecule has 158 valence electrons. The predicted octanol–water partition coefficient (Wildman–Crippen LogP) is 3.18. The Morgan fingerprint density at radius 3 is 2.28 bits per heavy atom. The van der Waals surface area contributed by atoms with Crippen LogP contribution in [0.25, 0.3) is 0 Å². The molecule has 0 atom stereocenters. The summed E-state index contributed by atoms with van der Waals surface area (Å²) in [7, 11) is 2.18. The average Bonchev–Trinajstić information content (AvgIpc) is 2.69. The van der Waals surface area contributed by atoms with Crippen molar-refractivity contribution in [2.45, 2.75) is 33.5 Å². The van der Waals surface area contributed by atoms with Crippen molar-refractivity contribution in [3.63, 3.8) is 0 Å². The number of aliphatic hydroxyl groups is 1. The number of aryl methyl sites for hydroxylation is 1. The summed E-state index contributed by atoms with van der Waals surface area (Å²) in [6.07, 6.45) is 0. The third kappa shape index (κ3) is 6.34. The molecule has 0 aliphatic carbocycles. The Bertz CT molecular complexity index is 785. The summed E-state index contributed by atoms with van der Waals surface area (Å²) in [6.45, 7) is 12.0. The van der Waals surface area contributed by atoms with E-state index >= 15 is 0 Å². The Labute approximate surface area is 174 Å². The molecule has 1 aliphatic rings. The number of likely N-dealkylation sites (N-methyl/N-ethyl adjacent to an activating group) is 1. The van der Waals surface area contributed by atoms with Crippen molar-refractivity contribution in [3.05, 3.63) is 70.0 Å². The monoisotopic (exact) mass is 399 g/mol. The van der Waals surface area contributed by atoms with Gasteiger partial charge in [0.25, 0.3) is 0 Å². The van der Waals surface area contributed by atoms with Crippen LogP contribution in [0.5, 0.6) is 0 Å². The van der Waals surface area contributed by atoms with Crippen LogP contribution in [0.15, 0.2) is 36.4 Å². The zero-order valence-corrected chi connectivity index (χ0v) is 18.0. The van der Waals surface area contributed by atoms with Crippen LogP contribution in [0.4, 0.5) is 4.39 Å². The van der Waals surface area contributed by atoms with Gasteiger partial charge in [-0.15, -0.1) is 0 Å². The first kappa shape index (κ1) is 21.9. The van der Waals surface area contributed by atoms with Gasteiger partial charge in [-0.25, -0.2) is 4.39 Å². The van der Waals surface area contributed by atoms with Gasteiger partial charge in [0.05, 0.1) is 6.61 Å². The molecule has 0 bridgehead atoms. The highest BCUT2D eigenvalue weighted by atomic mass is 19.1. The van der Waals surface area contributed by atoms with E-state index in [0.29, 0.717) is 13.1 Å². The van der Waals surface area contributed by atoms with Gasteiger partial charge in [0.1, 0.15) is 5.82 Å². The molecule has 1 N–H and O–H groups in total. The first-order valence-electron chi connectivity index (χ1n) is 10.5. The summed E-state index contributed by atoms with van der Waals surface area (Å²) in [5, 5.41) is 9.54. The molecule has 0 saturated carbocycles. The van der Waals surface area contributed by atoms with Crippen molar-refractivity contribution in [2.24, 2.45) is 0 Å². The number of hydrogen-bond acceptors (Lipinski definition) is 4. The summed E-state index contributed by atoms with van der Waals surface area (Å²) in [4.78, 5) is 7.15. The van der Waals surface area contributed by atoms with Gasteiger partial charge >= 0.3 is 0 Å². The van der Waals surface area contributed by atoms with E-state index in [9.17, 15) is 9.50 Å². The zero-order valence-electron chi connectivity index (χ0n) is 18.0. The number of piperazine rings is 1. The largest absolute Gasteiger partial charge is 0.395 e. The normalized spacial score (nSPS) is 15.9. The van der Waals surface area contributed by atoms with Gasteiger partial charge < -0.3 is 10.0 Å². The molecule has 2 aromatic rings. The Balaban J connectivity index is 1.73. The lowest BCUT2D eigenvalue weighted by Gasteiger charge is -2.33. The molecule has 1 fully saturated rings. The summed E-state index contributed by atoms with van der Waals surface area (Å²) in [5.74, 6) is -0.217. The highest BCUT2D eigenvalue weighted by Gasteiger charge is 2.17. The Kier molecular flexibility index (Phi) is 7.78. The van der Waals surface area contributed by atoms with Crippen LogP contribution in [0.1, 0.15) is 27.8 Å². The number of rotatable bonds is 8. The fourth-order valence-electron chi connectivity index (χ4n) is 4.03. The van der Waals surface area contributed by atoms with E-state index in [4.69, 9.17) is 0 Å². The lowest BCUT2D eigenvalue weighted by Crippen LogP contribution is -2.44. The van der Waals surface area contributed by atoms with E-state index in [2.05, 4.69) is 47.7 Å². The Hall–Kier alpha value is -1.79. The molecular formula is C24H34FN3O. The maximum absolute atomic E-state index is 13.2. The van der Waals surface area contributed by atoms with E-state index in [1.54, 1.807) is 0 Å². The first-order valence-corrected chi connectivity index (χ1v) is 10.5. The Morgan fingerprint density at radius 2 is 1.62 bits per heavy atom. The minimum Gasteiger partial charge on any atom is -0.395 e. The molecule has 0 amide bonds. The van der Waals surface area contributed by atoms with Crippen molar-refractivity contribution in [2.75, 3.05) is 46.4 Å². The van der Waals surface area contributed by atoms with Crippen molar-refractivity contribution in [3.8, 4) is 0 Å². The van der Waals surface area contributed by atoms with E-state index in [1.165, 1.54) is 34.4 Å². The molecule has 3 rings (SSSR count). The third-order valence-corrected chi connectivity index (χ3v) is 5.89. The van der Waals surface area contributed by atoms with Crippen LogP contribution >= 0.6 is 0 Å². The fourth-order valence-corrected chi connectivity index (χ4v) is 4.03. The van der Waals surface area contributed by atoms with Gasteiger partial charge in [-0.1, -0.05) is 29.8 Å². The van der Waals surface area contributed by atoms with Gasteiger partial charge in [-0.3, -0.25) is 9.80 Å². The SMILES string of the molecule is Cc1cc(CN2CCN(C)CC2)c(C)c(CN(CCO)Cc2ccc(F)cc2)c1. The van der Waals surface area contributed by atoms with E-state index in [1.807, 2.05) is 12.1 Å². The highest BCUT2D eigenvalue weighted by Crippen LogP contribution is 2.22. The van der Waals surface area contributed by atoms with Crippen LogP contribution in [-0.4, -0.2) is 66.2 Å². The summed E-state index contributed by atoms with van der Waals surface area (Å²) in [6, 6.07) is 11.2. The van der Waals surface area contributed by atoms with Crippen LogP contribution in [0.3, 0.4) is 0 Å². The molecular weight excluding hydrogens is 365 g/mol. The van der Waals surface area contributed by atoms with Crippen LogP contribution in [0.2, 0.25) is 0 Å². The molecule has 29 heavy (non-hydrogen) atoms. The number of hydrogen-bond donors (Lipinski definition) is 1. The number of halogens is 1. The average molecular weight is 400 g/mol. The molecule has 5 heteroatoms. The second-order valence-electron chi connectivity index (χ2n) is 8.35. The molecule has 4 nitrogen and oxygen atoms in total. The van der Waals surface area contributed by atoms with E-state index in [0.717, 1.165) is 44.8 Å². The molecule has 1 heterocycles.